The van der Waals surface area contributed by atoms with Crippen molar-refractivity contribution < 1.29 is 19.0 Å². The van der Waals surface area contributed by atoms with Crippen molar-refractivity contribution >= 4 is 17.5 Å². The third kappa shape index (κ3) is 4.79. The molecule has 0 N–H and O–H groups in total. The Balaban J connectivity index is 2.00. The van der Waals surface area contributed by atoms with Crippen LogP contribution in [0.4, 0.5) is 0 Å². The zero-order chi connectivity index (χ0) is 18.4. The number of carbonyl (C=O) groups excluding carboxylic acids is 1. The van der Waals surface area contributed by atoms with Crippen LogP contribution in [0.1, 0.15) is 15.9 Å². The summed E-state index contributed by atoms with van der Waals surface area (Å²) in [6.07, 6.45) is 0. The summed E-state index contributed by atoms with van der Waals surface area (Å²) < 4.78 is 16.3. The Bertz CT molecular complexity index is 706. The number of likely N-dealkylation sites (N-methyl/N-ethyl adjacent to an activating group) is 1. The summed E-state index contributed by atoms with van der Waals surface area (Å²) in [6.45, 7) is 2.71. The molecule has 1 amide bonds. The van der Waals surface area contributed by atoms with Crippen LogP contribution in [0.2, 0.25) is 5.02 Å². The standard InChI is InChI=1S/C19H22ClNO4/c1-13-17(23-3)11-14(12-18(13)24-4)19(22)21(2)9-10-25-16-7-5-15(20)6-8-16/h5-8,11-12H,9-10H2,1-4H3. The van der Waals surface area contributed by atoms with Gasteiger partial charge in [-0.25, -0.2) is 0 Å². The van der Waals surface area contributed by atoms with Crippen molar-refractivity contribution in [2.45, 2.75) is 6.92 Å². The highest BCUT2D eigenvalue weighted by atomic mass is 35.5. The zero-order valence-electron chi connectivity index (χ0n) is 14.8. The highest BCUT2D eigenvalue weighted by Gasteiger charge is 2.16. The first-order chi connectivity index (χ1) is 12.0. The van der Waals surface area contributed by atoms with Crippen LogP contribution < -0.4 is 14.2 Å². The molecule has 0 aliphatic rings. The fourth-order valence-electron chi connectivity index (χ4n) is 2.36. The smallest absolute Gasteiger partial charge is 0.253 e. The van der Waals surface area contributed by atoms with Crippen LogP contribution in [0, 0.1) is 6.92 Å². The molecule has 2 aromatic carbocycles. The molecule has 0 saturated carbocycles. The van der Waals surface area contributed by atoms with Gasteiger partial charge in [0, 0.05) is 23.2 Å². The van der Waals surface area contributed by atoms with Crippen LogP contribution >= 0.6 is 11.6 Å². The lowest BCUT2D eigenvalue weighted by Gasteiger charge is -2.19. The van der Waals surface area contributed by atoms with E-state index in [4.69, 9.17) is 25.8 Å². The van der Waals surface area contributed by atoms with Gasteiger partial charge in [0.25, 0.3) is 5.91 Å². The van der Waals surface area contributed by atoms with Gasteiger partial charge in [0.15, 0.2) is 0 Å². The number of benzene rings is 2. The maximum atomic E-state index is 12.6. The van der Waals surface area contributed by atoms with Gasteiger partial charge in [-0.1, -0.05) is 11.6 Å². The summed E-state index contributed by atoms with van der Waals surface area (Å²) in [5, 5.41) is 0.655. The Morgan fingerprint density at radius 1 is 1.08 bits per heavy atom. The van der Waals surface area contributed by atoms with Crippen LogP contribution in [0.15, 0.2) is 36.4 Å². The van der Waals surface area contributed by atoms with Gasteiger partial charge < -0.3 is 19.1 Å². The first kappa shape index (κ1) is 18.9. The molecular weight excluding hydrogens is 342 g/mol. The summed E-state index contributed by atoms with van der Waals surface area (Å²) in [6, 6.07) is 10.5. The molecule has 0 radical (unpaired) electrons. The molecule has 2 aromatic rings. The third-order valence-corrected chi connectivity index (χ3v) is 4.11. The van der Waals surface area contributed by atoms with E-state index in [9.17, 15) is 4.79 Å². The maximum absolute atomic E-state index is 12.6. The van der Waals surface area contributed by atoms with Crippen LogP contribution in [0.25, 0.3) is 0 Å². The first-order valence-electron chi connectivity index (χ1n) is 7.82. The lowest BCUT2D eigenvalue weighted by atomic mass is 10.1. The predicted octanol–water partition coefficient (Wildman–Crippen LogP) is 3.82. The second-order valence-electron chi connectivity index (χ2n) is 5.53. The molecule has 5 nitrogen and oxygen atoms in total. The Labute approximate surface area is 153 Å². The van der Waals surface area contributed by atoms with Crippen LogP contribution in [0.3, 0.4) is 0 Å². The van der Waals surface area contributed by atoms with Gasteiger partial charge in [0.05, 0.1) is 20.8 Å². The van der Waals surface area contributed by atoms with Gasteiger partial charge in [-0.15, -0.1) is 0 Å². The van der Waals surface area contributed by atoms with Crippen molar-refractivity contribution in [3.63, 3.8) is 0 Å². The third-order valence-electron chi connectivity index (χ3n) is 3.85. The Morgan fingerprint density at radius 2 is 1.64 bits per heavy atom. The number of rotatable bonds is 7. The molecule has 0 atom stereocenters. The minimum atomic E-state index is -0.128. The van der Waals surface area contributed by atoms with Gasteiger partial charge in [-0.3, -0.25) is 4.79 Å². The summed E-state index contributed by atoms with van der Waals surface area (Å²) >= 11 is 5.84. The summed E-state index contributed by atoms with van der Waals surface area (Å²) in [7, 11) is 4.87. The molecule has 0 bridgehead atoms. The van der Waals surface area contributed by atoms with Crippen LogP contribution in [0.5, 0.6) is 17.2 Å². The van der Waals surface area contributed by atoms with Crippen LogP contribution in [-0.4, -0.2) is 45.2 Å². The molecule has 0 aliphatic carbocycles. The first-order valence-corrected chi connectivity index (χ1v) is 8.20. The molecule has 0 spiro atoms. The van der Waals surface area contributed by atoms with E-state index in [0.29, 0.717) is 41.0 Å². The number of methoxy groups -OCH3 is 2. The summed E-state index contributed by atoms with van der Waals surface area (Å²) in [4.78, 5) is 14.2. The number of ether oxygens (including phenoxy) is 3. The molecule has 6 heteroatoms. The fraction of sp³-hybridized carbons (Fsp3) is 0.316. The second-order valence-corrected chi connectivity index (χ2v) is 5.97. The van der Waals surface area contributed by atoms with Gasteiger partial charge in [0.2, 0.25) is 0 Å². The Morgan fingerprint density at radius 3 is 2.16 bits per heavy atom. The van der Waals surface area contributed by atoms with E-state index in [-0.39, 0.29) is 5.91 Å². The number of carbonyl (C=O) groups is 1. The monoisotopic (exact) mass is 363 g/mol. The largest absolute Gasteiger partial charge is 0.496 e. The average Bonchev–Trinajstić information content (AvgIpc) is 2.62. The minimum Gasteiger partial charge on any atom is -0.496 e. The van der Waals surface area contributed by atoms with Crippen molar-refractivity contribution in [3.05, 3.63) is 52.5 Å². The normalized spacial score (nSPS) is 10.3. The van der Waals surface area contributed by atoms with Crippen molar-refractivity contribution in [1.82, 2.24) is 4.90 Å². The molecule has 2 rings (SSSR count). The fourth-order valence-corrected chi connectivity index (χ4v) is 2.49. The van der Waals surface area contributed by atoms with E-state index in [1.807, 2.05) is 6.92 Å². The number of amides is 1. The molecule has 0 saturated heterocycles. The summed E-state index contributed by atoms with van der Waals surface area (Å²) in [5.74, 6) is 1.82. The molecule has 0 aromatic heterocycles. The maximum Gasteiger partial charge on any atom is 0.253 e. The zero-order valence-corrected chi connectivity index (χ0v) is 15.6. The van der Waals surface area contributed by atoms with E-state index < -0.39 is 0 Å². The SMILES string of the molecule is COc1cc(C(=O)N(C)CCOc2ccc(Cl)cc2)cc(OC)c1C. The van der Waals surface area contributed by atoms with E-state index in [1.54, 1.807) is 62.6 Å². The van der Waals surface area contributed by atoms with Gasteiger partial charge in [0.1, 0.15) is 23.9 Å². The number of hydrogen-bond acceptors (Lipinski definition) is 4. The molecule has 25 heavy (non-hydrogen) atoms. The summed E-state index contributed by atoms with van der Waals surface area (Å²) in [5.41, 5.74) is 1.36. The average molecular weight is 364 g/mol. The number of halogens is 1. The Kier molecular flexibility index (Phi) is 6.53. The quantitative estimate of drug-likeness (QED) is 0.750. The second kappa shape index (κ2) is 8.62. The lowest BCUT2D eigenvalue weighted by Crippen LogP contribution is -2.31. The minimum absolute atomic E-state index is 0.128. The van der Waals surface area contributed by atoms with Crippen molar-refractivity contribution in [2.24, 2.45) is 0 Å². The van der Waals surface area contributed by atoms with Crippen molar-refractivity contribution in [2.75, 3.05) is 34.4 Å². The van der Waals surface area contributed by atoms with Gasteiger partial charge in [-0.2, -0.15) is 0 Å². The number of nitrogens with zero attached hydrogens (tertiary/aromatic N) is 1. The van der Waals surface area contributed by atoms with E-state index in [1.165, 1.54) is 0 Å². The van der Waals surface area contributed by atoms with Crippen molar-refractivity contribution in [3.8, 4) is 17.2 Å². The molecule has 134 valence electrons. The molecule has 0 unspecified atom stereocenters. The lowest BCUT2D eigenvalue weighted by molar-refractivity contribution is 0.0773. The molecule has 0 heterocycles. The topological polar surface area (TPSA) is 48.0 Å². The number of hydrogen-bond donors (Lipinski definition) is 0. The van der Waals surface area contributed by atoms with Crippen molar-refractivity contribution in [1.29, 1.82) is 0 Å². The van der Waals surface area contributed by atoms with E-state index in [2.05, 4.69) is 0 Å². The van der Waals surface area contributed by atoms with E-state index >= 15 is 0 Å². The van der Waals surface area contributed by atoms with Crippen LogP contribution in [-0.2, 0) is 0 Å². The predicted molar refractivity (Wildman–Crippen MR) is 98.2 cm³/mol. The molecule has 0 aliphatic heterocycles. The van der Waals surface area contributed by atoms with E-state index in [0.717, 1.165) is 5.56 Å². The highest BCUT2D eigenvalue weighted by Crippen LogP contribution is 2.29. The van der Waals surface area contributed by atoms with Gasteiger partial charge in [-0.05, 0) is 43.3 Å². The highest BCUT2D eigenvalue weighted by molar-refractivity contribution is 6.30. The van der Waals surface area contributed by atoms with Gasteiger partial charge >= 0.3 is 0 Å². The molecule has 0 fully saturated rings. The Hall–Kier alpha value is -2.40. The molecular formula is C19H22ClNO4.